The number of rotatable bonds is 2. The number of methoxy groups -OCH3 is 1. The van der Waals surface area contributed by atoms with Gasteiger partial charge in [-0.05, 0) is 31.4 Å². The molecule has 86 valence electrons. The summed E-state index contributed by atoms with van der Waals surface area (Å²) in [7, 11) is 1.58. The van der Waals surface area contributed by atoms with Gasteiger partial charge in [0, 0.05) is 18.1 Å². The number of nitrogens with two attached hydrogens (primary N) is 1. The Morgan fingerprint density at radius 3 is 2.94 bits per heavy atom. The summed E-state index contributed by atoms with van der Waals surface area (Å²) in [5.74, 6) is 0.949. The van der Waals surface area contributed by atoms with E-state index in [2.05, 4.69) is 4.98 Å². The molecule has 1 unspecified atom stereocenters. The van der Waals surface area contributed by atoms with Gasteiger partial charge in [0.15, 0.2) is 5.78 Å². The molecule has 1 aliphatic carbocycles. The molecular weight excluding hydrogens is 204 g/mol. The molecule has 4 heteroatoms. The summed E-state index contributed by atoms with van der Waals surface area (Å²) >= 11 is 0. The van der Waals surface area contributed by atoms with Gasteiger partial charge in [-0.25, -0.2) is 4.98 Å². The molecule has 16 heavy (non-hydrogen) atoms. The van der Waals surface area contributed by atoms with Crippen LogP contribution in [0.15, 0.2) is 6.07 Å². The van der Waals surface area contributed by atoms with Crippen LogP contribution in [0.4, 0.5) is 0 Å². The van der Waals surface area contributed by atoms with Gasteiger partial charge in [0.1, 0.15) is 0 Å². The molecule has 1 atom stereocenters. The lowest BCUT2D eigenvalue weighted by Gasteiger charge is -2.23. The summed E-state index contributed by atoms with van der Waals surface area (Å²) in [5, 5.41) is 0. The van der Waals surface area contributed by atoms with Gasteiger partial charge < -0.3 is 10.5 Å². The van der Waals surface area contributed by atoms with E-state index in [1.165, 1.54) is 0 Å². The molecule has 0 saturated carbocycles. The molecule has 1 aliphatic rings. The quantitative estimate of drug-likeness (QED) is 0.810. The Bertz CT molecular complexity index is 429. The number of carbonyl (C=O) groups excluding carboxylic acids is 1. The second-order valence-electron chi connectivity index (χ2n) is 4.24. The highest BCUT2D eigenvalue weighted by atomic mass is 16.5. The predicted octanol–water partition coefficient (Wildman–Crippen LogP) is 1.10. The highest BCUT2D eigenvalue weighted by molar-refractivity contribution is 5.99. The van der Waals surface area contributed by atoms with Gasteiger partial charge in [0.25, 0.3) is 0 Å². The summed E-state index contributed by atoms with van der Waals surface area (Å²) in [5.41, 5.74) is 8.17. The first kappa shape index (κ1) is 11.1. The zero-order chi connectivity index (χ0) is 11.7. The molecule has 2 rings (SSSR count). The molecule has 0 spiro atoms. The van der Waals surface area contributed by atoms with Crippen LogP contribution in [0.25, 0.3) is 0 Å². The van der Waals surface area contributed by atoms with Crippen LogP contribution < -0.4 is 10.5 Å². The van der Waals surface area contributed by atoms with Crippen molar-refractivity contribution in [3.63, 3.8) is 0 Å². The first-order valence-electron chi connectivity index (χ1n) is 5.43. The molecule has 0 aromatic carbocycles. The molecule has 0 aliphatic heterocycles. The normalized spacial score (nSPS) is 19.4. The van der Waals surface area contributed by atoms with E-state index in [0.717, 1.165) is 23.2 Å². The molecule has 1 aromatic rings. The van der Waals surface area contributed by atoms with Crippen molar-refractivity contribution in [3.8, 4) is 5.88 Å². The van der Waals surface area contributed by atoms with Crippen molar-refractivity contribution in [2.45, 2.75) is 19.8 Å². The van der Waals surface area contributed by atoms with Crippen molar-refractivity contribution in [1.82, 2.24) is 4.98 Å². The topological polar surface area (TPSA) is 65.2 Å². The molecule has 0 amide bonds. The zero-order valence-corrected chi connectivity index (χ0v) is 9.62. The van der Waals surface area contributed by atoms with E-state index < -0.39 is 0 Å². The largest absolute Gasteiger partial charge is 0.481 e. The summed E-state index contributed by atoms with van der Waals surface area (Å²) in [6.45, 7) is 2.45. The average Bonchev–Trinajstić information content (AvgIpc) is 2.27. The fraction of sp³-hybridized carbons (Fsp3) is 0.500. The molecule has 0 bridgehead atoms. The Labute approximate surface area is 94.8 Å². The number of aromatic nitrogens is 1. The van der Waals surface area contributed by atoms with E-state index in [1.54, 1.807) is 13.2 Å². The lowest BCUT2D eigenvalue weighted by molar-refractivity contribution is 0.0948. The predicted molar refractivity (Wildman–Crippen MR) is 60.7 cm³/mol. The zero-order valence-electron chi connectivity index (χ0n) is 9.62. The molecular formula is C12H16N2O2. The number of aryl methyl sites for hydroxylation is 1. The highest BCUT2D eigenvalue weighted by Gasteiger charge is 2.27. The second kappa shape index (κ2) is 4.22. The second-order valence-corrected chi connectivity index (χ2v) is 4.24. The van der Waals surface area contributed by atoms with Crippen LogP contribution in [0.5, 0.6) is 5.88 Å². The maximum atomic E-state index is 11.9. The van der Waals surface area contributed by atoms with E-state index in [1.807, 2.05) is 6.92 Å². The van der Waals surface area contributed by atoms with Gasteiger partial charge in [-0.15, -0.1) is 0 Å². The SMILES string of the molecule is COc1cc(C)c2c(n1)CC(CN)CC2=O. The molecule has 2 N–H and O–H groups in total. The minimum atomic E-state index is 0.157. The van der Waals surface area contributed by atoms with Crippen LogP contribution >= 0.6 is 0 Å². The van der Waals surface area contributed by atoms with E-state index >= 15 is 0 Å². The third kappa shape index (κ3) is 1.80. The molecule has 4 nitrogen and oxygen atoms in total. The van der Waals surface area contributed by atoms with Crippen LogP contribution in [-0.4, -0.2) is 24.4 Å². The number of ketones is 1. The smallest absolute Gasteiger partial charge is 0.213 e. The van der Waals surface area contributed by atoms with Gasteiger partial charge >= 0.3 is 0 Å². The number of fused-ring (bicyclic) bond motifs is 1. The van der Waals surface area contributed by atoms with Crippen LogP contribution in [0.1, 0.15) is 28.0 Å². The number of ether oxygens (including phenoxy) is 1. The van der Waals surface area contributed by atoms with Crippen molar-refractivity contribution in [2.75, 3.05) is 13.7 Å². The first-order chi connectivity index (χ1) is 7.65. The van der Waals surface area contributed by atoms with Gasteiger partial charge in [0.05, 0.1) is 12.8 Å². The molecule has 1 heterocycles. The maximum Gasteiger partial charge on any atom is 0.213 e. The third-order valence-electron chi connectivity index (χ3n) is 3.05. The van der Waals surface area contributed by atoms with Crippen molar-refractivity contribution >= 4 is 5.78 Å². The number of Topliss-reactive ketones (excluding diaryl/α,β-unsaturated/α-hetero) is 1. The Morgan fingerprint density at radius 1 is 1.56 bits per heavy atom. The van der Waals surface area contributed by atoms with Crippen LogP contribution in [-0.2, 0) is 6.42 Å². The van der Waals surface area contributed by atoms with E-state index in [4.69, 9.17) is 10.5 Å². The van der Waals surface area contributed by atoms with Crippen molar-refractivity contribution in [2.24, 2.45) is 11.7 Å². The van der Waals surface area contributed by atoms with Gasteiger partial charge in [0.2, 0.25) is 5.88 Å². The summed E-state index contributed by atoms with van der Waals surface area (Å²) in [4.78, 5) is 16.3. The summed E-state index contributed by atoms with van der Waals surface area (Å²) < 4.78 is 5.11. The van der Waals surface area contributed by atoms with Crippen molar-refractivity contribution in [3.05, 3.63) is 22.9 Å². The number of pyridine rings is 1. The molecule has 0 fully saturated rings. The molecule has 0 radical (unpaired) electrons. The number of hydrogen-bond acceptors (Lipinski definition) is 4. The summed E-state index contributed by atoms with van der Waals surface area (Å²) in [6, 6.07) is 1.81. The van der Waals surface area contributed by atoms with Crippen LogP contribution in [0.3, 0.4) is 0 Å². The standard InChI is InChI=1S/C12H16N2O2/c1-7-3-11(16-2)14-9-4-8(6-13)5-10(15)12(7)9/h3,8H,4-6,13H2,1-2H3. The van der Waals surface area contributed by atoms with E-state index in [9.17, 15) is 4.79 Å². The highest BCUT2D eigenvalue weighted by Crippen LogP contribution is 2.28. The van der Waals surface area contributed by atoms with Gasteiger partial charge in [-0.3, -0.25) is 4.79 Å². The van der Waals surface area contributed by atoms with Gasteiger partial charge in [-0.2, -0.15) is 0 Å². The van der Waals surface area contributed by atoms with Gasteiger partial charge in [-0.1, -0.05) is 0 Å². The number of carbonyl (C=O) groups is 1. The lowest BCUT2D eigenvalue weighted by atomic mass is 9.84. The average molecular weight is 220 g/mol. The first-order valence-corrected chi connectivity index (χ1v) is 5.43. The maximum absolute atomic E-state index is 11.9. The third-order valence-corrected chi connectivity index (χ3v) is 3.05. The van der Waals surface area contributed by atoms with Crippen LogP contribution in [0.2, 0.25) is 0 Å². The Kier molecular flexibility index (Phi) is 2.92. The monoisotopic (exact) mass is 220 g/mol. The molecule has 1 aromatic heterocycles. The summed E-state index contributed by atoms with van der Waals surface area (Å²) in [6.07, 6.45) is 1.31. The minimum Gasteiger partial charge on any atom is -0.481 e. The fourth-order valence-corrected chi connectivity index (χ4v) is 2.22. The fourth-order valence-electron chi connectivity index (χ4n) is 2.22. The lowest BCUT2D eigenvalue weighted by Crippen LogP contribution is -2.27. The Hall–Kier alpha value is -1.42. The Balaban J connectivity index is 2.47. The van der Waals surface area contributed by atoms with E-state index in [-0.39, 0.29) is 11.7 Å². The number of hydrogen-bond donors (Lipinski definition) is 1. The Morgan fingerprint density at radius 2 is 2.31 bits per heavy atom. The van der Waals surface area contributed by atoms with Crippen molar-refractivity contribution < 1.29 is 9.53 Å². The molecule has 0 saturated heterocycles. The van der Waals surface area contributed by atoms with Crippen molar-refractivity contribution in [1.29, 1.82) is 0 Å². The number of nitrogens with zero attached hydrogens (tertiary/aromatic N) is 1. The van der Waals surface area contributed by atoms with Crippen LogP contribution in [0, 0.1) is 12.8 Å². The van der Waals surface area contributed by atoms with E-state index in [0.29, 0.717) is 18.8 Å². The minimum absolute atomic E-state index is 0.157.